The number of aromatic amines is 1. The van der Waals surface area contributed by atoms with Gasteiger partial charge in [-0.2, -0.15) is 5.10 Å². The Kier molecular flexibility index (Phi) is 7.85. The fourth-order valence-electron chi connectivity index (χ4n) is 3.82. The van der Waals surface area contributed by atoms with Gasteiger partial charge in [0, 0.05) is 16.1 Å². The first-order valence-electron chi connectivity index (χ1n) is 11.4. The van der Waals surface area contributed by atoms with Crippen molar-refractivity contribution in [1.29, 1.82) is 0 Å². The third-order valence-corrected chi connectivity index (χ3v) is 6.62. The van der Waals surface area contributed by atoms with Crippen molar-refractivity contribution < 1.29 is 25.2 Å². The van der Waals surface area contributed by atoms with Crippen LogP contribution in [0.1, 0.15) is 21.6 Å². The molecule has 2 aromatic heterocycles. The molecule has 37 heavy (non-hydrogen) atoms. The van der Waals surface area contributed by atoms with Crippen molar-refractivity contribution >= 4 is 38.7 Å². The van der Waals surface area contributed by atoms with Gasteiger partial charge in [0.1, 0.15) is 24.1 Å². The van der Waals surface area contributed by atoms with Crippen molar-refractivity contribution in [2.24, 2.45) is 0 Å². The highest BCUT2D eigenvalue weighted by atomic mass is 79.9. The van der Waals surface area contributed by atoms with Crippen molar-refractivity contribution in [2.75, 3.05) is 11.9 Å². The van der Waals surface area contributed by atoms with Crippen molar-refractivity contribution in [3.63, 3.8) is 0 Å². The molecule has 0 unspecified atom stereocenters. The number of nitrogens with one attached hydrogen (secondary N) is 2. The number of rotatable bonds is 8. The number of anilines is 1. The molecule has 4 rings (SSSR count). The summed E-state index contributed by atoms with van der Waals surface area (Å²) in [6, 6.07) is 12.5. The fourth-order valence-corrected chi connectivity index (χ4v) is 4.09. The van der Waals surface area contributed by atoms with E-state index in [2.05, 4.69) is 36.4 Å². The maximum atomic E-state index is 13.4. The zero-order chi connectivity index (χ0) is 26.9. The molecule has 0 aliphatic carbocycles. The molecule has 3 atom stereocenters. The monoisotopic (exact) mass is 571 g/mol. The lowest BCUT2D eigenvalue weighted by molar-refractivity contribution is -0.0805. The topological polar surface area (TPSA) is 174 Å². The molecule has 0 spiro atoms. The number of carbonyl (C=O) groups is 1. The molecule has 0 aliphatic rings. The van der Waals surface area contributed by atoms with Crippen LogP contribution in [0, 0.1) is 13.8 Å². The van der Waals surface area contributed by atoms with E-state index in [4.69, 9.17) is 5.11 Å². The van der Waals surface area contributed by atoms with Crippen LogP contribution >= 0.6 is 15.9 Å². The molecule has 0 radical (unpaired) electrons. The second kappa shape index (κ2) is 10.9. The first kappa shape index (κ1) is 26.6. The van der Waals surface area contributed by atoms with Crippen molar-refractivity contribution in [3.05, 3.63) is 74.1 Å². The van der Waals surface area contributed by atoms with Crippen molar-refractivity contribution in [1.82, 2.24) is 19.7 Å². The smallest absolute Gasteiger partial charge is 0.282 e. The molecule has 12 heteroatoms. The Labute approximate surface area is 219 Å². The Morgan fingerprint density at radius 2 is 1.76 bits per heavy atom. The van der Waals surface area contributed by atoms with E-state index in [0.717, 1.165) is 25.7 Å². The lowest BCUT2D eigenvalue weighted by Gasteiger charge is -2.23. The summed E-state index contributed by atoms with van der Waals surface area (Å²) in [5.74, 6) is -0.548. The first-order valence-corrected chi connectivity index (χ1v) is 12.2. The van der Waals surface area contributed by atoms with Gasteiger partial charge in [0.15, 0.2) is 5.69 Å². The molecule has 1 amide bonds. The third kappa shape index (κ3) is 5.63. The number of aliphatic hydroxyl groups is 4. The summed E-state index contributed by atoms with van der Waals surface area (Å²) in [4.78, 5) is 30.8. The number of nitrogens with zero attached hydrogens (tertiary/aromatic N) is 3. The van der Waals surface area contributed by atoms with E-state index in [1.54, 1.807) is 18.2 Å². The standard InChI is InChI=1S/C25H26BrN5O6/c1-12-7-17-18(8-13(12)2)31(10-19(33)23(35)20(34)11-32)25(37)22(27-17)24(36)28-21-9-16(29-30-21)14-3-5-15(26)6-4-14/h3-9,19-20,23,32-35H,10-11H2,1-2H3,(H2,28,29,30,36)/t19-,20+,23-/m0/s1. The number of aromatic nitrogens is 4. The Morgan fingerprint density at radius 3 is 2.43 bits per heavy atom. The number of halogens is 1. The number of hydrogen-bond acceptors (Lipinski definition) is 8. The van der Waals surface area contributed by atoms with Gasteiger partial charge in [-0.15, -0.1) is 0 Å². The van der Waals surface area contributed by atoms with Crippen molar-refractivity contribution in [3.8, 4) is 11.3 Å². The number of aliphatic hydroxyl groups excluding tert-OH is 4. The number of aryl methyl sites for hydroxylation is 2. The molecule has 2 heterocycles. The summed E-state index contributed by atoms with van der Waals surface area (Å²) in [6.07, 6.45) is -4.93. The summed E-state index contributed by atoms with van der Waals surface area (Å²) in [5, 5.41) is 48.9. The highest BCUT2D eigenvalue weighted by Gasteiger charge is 2.27. The summed E-state index contributed by atoms with van der Waals surface area (Å²) in [6.45, 7) is 2.47. The highest BCUT2D eigenvalue weighted by molar-refractivity contribution is 9.10. The molecule has 0 bridgehead atoms. The van der Waals surface area contributed by atoms with Gasteiger partial charge in [-0.25, -0.2) is 4.98 Å². The molecule has 0 saturated carbocycles. The summed E-state index contributed by atoms with van der Waals surface area (Å²) in [7, 11) is 0. The molecule has 2 aromatic carbocycles. The van der Waals surface area contributed by atoms with Crippen LogP contribution in [0.4, 0.5) is 5.82 Å². The fraction of sp³-hybridized carbons (Fsp3) is 0.280. The average molecular weight is 572 g/mol. The van der Waals surface area contributed by atoms with Crippen LogP contribution in [0.15, 0.2) is 51.7 Å². The zero-order valence-electron chi connectivity index (χ0n) is 20.0. The van der Waals surface area contributed by atoms with Crippen LogP contribution in [0.3, 0.4) is 0 Å². The molecule has 194 valence electrons. The molecule has 6 N–H and O–H groups in total. The van der Waals surface area contributed by atoms with Gasteiger partial charge < -0.3 is 30.3 Å². The second-order valence-corrected chi connectivity index (χ2v) is 9.65. The maximum absolute atomic E-state index is 13.4. The minimum atomic E-state index is -1.72. The van der Waals surface area contributed by atoms with Crippen LogP contribution in [0.25, 0.3) is 22.3 Å². The van der Waals surface area contributed by atoms with E-state index in [1.807, 2.05) is 38.1 Å². The van der Waals surface area contributed by atoms with E-state index >= 15 is 0 Å². The third-order valence-electron chi connectivity index (χ3n) is 6.09. The van der Waals surface area contributed by atoms with Crippen LogP contribution in [0.2, 0.25) is 0 Å². The van der Waals surface area contributed by atoms with Gasteiger partial charge in [-0.1, -0.05) is 28.1 Å². The molecule has 11 nitrogen and oxygen atoms in total. The lowest BCUT2D eigenvalue weighted by Crippen LogP contribution is -2.44. The largest absolute Gasteiger partial charge is 0.394 e. The molecular weight excluding hydrogens is 546 g/mol. The molecule has 0 fully saturated rings. The first-order chi connectivity index (χ1) is 17.6. The summed E-state index contributed by atoms with van der Waals surface area (Å²) < 4.78 is 2.04. The molecule has 4 aromatic rings. The maximum Gasteiger partial charge on any atom is 0.282 e. The average Bonchev–Trinajstić information content (AvgIpc) is 3.34. The summed E-state index contributed by atoms with van der Waals surface area (Å²) >= 11 is 3.38. The van der Waals surface area contributed by atoms with Gasteiger partial charge in [0.2, 0.25) is 0 Å². The molecular formula is C25H26BrN5O6. The Morgan fingerprint density at radius 1 is 1.08 bits per heavy atom. The molecule has 0 aliphatic heterocycles. The number of benzene rings is 2. The Bertz CT molecular complexity index is 1500. The predicted molar refractivity (Wildman–Crippen MR) is 140 cm³/mol. The zero-order valence-corrected chi connectivity index (χ0v) is 21.6. The van der Waals surface area contributed by atoms with E-state index in [1.165, 1.54) is 0 Å². The number of amides is 1. The van der Waals surface area contributed by atoms with Crippen LogP contribution < -0.4 is 10.9 Å². The minimum absolute atomic E-state index is 0.248. The molecule has 0 saturated heterocycles. The highest BCUT2D eigenvalue weighted by Crippen LogP contribution is 2.23. The number of H-pyrrole nitrogens is 1. The van der Waals surface area contributed by atoms with E-state index in [0.29, 0.717) is 16.7 Å². The Hall–Kier alpha value is -3.42. The van der Waals surface area contributed by atoms with E-state index < -0.39 is 48.6 Å². The van der Waals surface area contributed by atoms with Gasteiger partial charge in [-0.3, -0.25) is 14.7 Å². The van der Waals surface area contributed by atoms with E-state index in [9.17, 15) is 24.9 Å². The summed E-state index contributed by atoms with van der Waals surface area (Å²) in [5.41, 5.74) is 2.56. The van der Waals surface area contributed by atoms with Gasteiger partial charge in [0.25, 0.3) is 11.5 Å². The normalized spacial score (nSPS) is 13.9. The van der Waals surface area contributed by atoms with Crippen LogP contribution in [-0.2, 0) is 6.54 Å². The number of fused-ring (bicyclic) bond motifs is 1. The minimum Gasteiger partial charge on any atom is -0.394 e. The number of carbonyl (C=O) groups excluding carboxylic acids is 1. The van der Waals surface area contributed by atoms with Gasteiger partial charge >= 0.3 is 0 Å². The van der Waals surface area contributed by atoms with Gasteiger partial charge in [-0.05, 0) is 49.2 Å². The quantitative estimate of drug-likeness (QED) is 0.184. The lowest BCUT2D eigenvalue weighted by atomic mass is 10.1. The second-order valence-electron chi connectivity index (χ2n) is 8.74. The Balaban J connectivity index is 1.70. The SMILES string of the molecule is Cc1cc2nc(C(=O)Nc3cc(-c4ccc(Br)cc4)n[nH]3)c(=O)n(C[C@H](O)[C@H](O)[C@H](O)CO)c2cc1C. The number of hydrogen-bond donors (Lipinski definition) is 6. The van der Waals surface area contributed by atoms with Crippen LogP contribution in [0.5, 0.6) is 0 Å². The van der Waals surface area contributed by atoms with E-state index in [-0.39, 0.29) is 5.82 Å². The van der Waals surface area contributed by atoms with Gasteiger partial charge in [0.05, 0.1) is 29.9 Å². The van der Waals surface area contributed by atoms with Crippen LogP contribution in [-0.4, -0.2) is 71.0 Å². The predicted octanol–water partition coefficient (Wildman–Crippen LogP) is 1.49. The van der Waals surface area contributed by atoms with Crippen molar-refractivity contribution in [2.45, 2.75) is 38.7 Å².